The van der Waals surface area contributed by atoms with Crippen LogP contribution < -0.4 is 0 Å². The smallest absolute Gasteiger partial charge is 0.245 e. The van der Waals surface area contributed by atoms with Gasteiger partial charge in [0, 0.05) is 20.9 Å². The summed E-state index contributed by atoms with van der Waals surface area (Å²) in [5.41, 5.74) is 1.99. The molecule has 0 spiro atoms. The van der Waals surface area contributed by atoms with E-state index in [0.29, 0.717) is 16.0 Å². The lowest BCUT2D eigenvalue weighted by molar-refractivity contribution is -0.126. The molecular weight excluding hydrogens is 446 g/mol. The Hall–Kier alpha value is -2.65. The number of hydrogen-bond donors (Lipinski definition) is 1. The van der Waals surface area contributed by atoms with Crippen LogP contribution in [0.5, 0.6) is 0 Å². The molecule has 0 amide bonds. The predicted molar refractivity (Wildman–Crippen MR) is 123 cm³/mol. The van der Waals surface area contributed by atoms with Crippen LogP contribution in [0.3, 0.4) is 0 Å². The number of ketones is 2. The molecule has 8 heteroatoms. The first-order chi connectivity index (χ1) is 15.2. The minimum absolute atomic E-state index is 0.0719. The molecule has 1 aliphatic heterocycles. The number of aliphatic hydroxyl groups excluding tert-OH is 1. The Morgan fingerprint density at radius 3 is 2.22 bits per heavy atom. The van der Waals surface area contributed by atoms with Crippen molar-refractivity contribution in [2.45, 2.75) is 31.3 Å². The molecule has 1 atom stereocenters. The van der Waals surface area contributed by atoms with Gasteiger partial charge in [-0.05, 0) is 17.5 Å². The zero-order valence-corrected chi connectivity index (χ0v) is 19.3. The maximum absolute atomic E-state index is 13.1. The number of benzene rings is 2. The molecule has 6 nitrogen and oxygen atoms in total. The molecule has 166 valence electrons. The largest absolute Gasteiger partial charge is 0.389 e. The number of thiophene rings is 1. The second-order valence-electron chi connectivity index (χ2n) is 8.03. The van der Waals surface area contributed by atoms with Gasteiger partial charge in [0.15, 0.2) is 11.6 Å². The summed E-state index contributed by atoms with van der Waals surface area (Å²) in [5.74, 6) is -0.831. The number of carbonyl (C=O) groups excluding carboxylic acids is 2. The molecule has 0 radical (unpaired) electrons. The number of fused-ring (bicyclic) bond motifs is 1. The third-order valence-electron chi connectivity index (χ3n) is 5.55. The van der Waals surface area contributed by atoms with Gasteiger partial charge in [-0.1, -0.05) is 68.4 Å². The van der Waals surface area contributed by atoms with E-state index in [0.717, 1.165) is 10.4 Å². The fourth-order valence-electron chi connectivity index (χ4n) is 3.98. The highest BCUT2D eigenvalue weighted by Gasteiger charge is 2.44. The zero-order chi connectivity index (χ0) is 23.0. The molecular formula is C24H23NO5S2. The number of Topliss-reactive ketones (excluding diaryl/α,β-unsaturated/α-hetero) is 1. The molecule has 0 unspecified atom stereocenters. The molecule has 0 aliphatic carbocycles. The Bertz CT molecular complexity index is 1260. The van der Waals surface area contributed by atoms with E-state index < -0.39 is 28.5 Å². The lowest BCUT2D eigenvalue weighted by Crippen LogP contribution is -2.46. The summed E-state index contributed by atoms with van der Waals surface area (Å²) in [4.78, 5) is 26.5. The average molecular weight is 470 g/mol. The van der Waals surface area contributed by atoms with Gasteiger partial charge in [0.05, 0.1) is 17.5 Å². The van der Waals surface area contributed by atoms with Crippen molar-refractivity contribution < 1.29 is 23.1 Å². The predicted octanol–water partition coefficient (Wildman–Crippen LogP) is 3.74. The van der Waals surface area contributed by atoms with Crippen molar-refractivity contribution in [1.82, 2.24) is 4.31 Å². The van der Waals surface area contributed by atoms with Gasteiger partial charge in [-0.3, -0.25) is 9.59 Å². The minimum Gasteiger partial charge on any atom is -0.389 e. The quantitative estimate of drug-likeness (QED) is 0.532. The van der Waals surface area contributed by atoms with E-state index in [1.54, 1.807) is 44.2 Å². The van der Waals surface area contributed by atoms with Crippen molar-refractivity contribution in [2.24, 2.45) is 5.92 Å². The number of aliphatic hydroxyl groups is 1. The topological polar surface area (TPSA) is 91.8 Å². The van der Waals surface area contributed by atoms with Gasteiger partial charge in [0.25, 0.3) is 0 Å². The maximum Gasteiger partial charge on any atom is 0.245 e. The number of rotatable bonds is 7. The molecule has 4 rings (SSSR count). The monoisotopic (exact) mass is 469 g/mol. The van der Waals surface area contributed by atoms with Gasteiger partial charge in [0.1, 0.15) is 6.61 Å². The molecule has 3 aromatic rings. The molecule has 1 aromatic heterocycles. The third-order valence-corrected chi connectivity index (χ3v) is 8.74. The number of sulfonamides is 1. The van der Waals surface area contributed by atoms with Crippen LogP contribution in [0.2, 0.25) is 0 Å². The van der Waals surface area contributed by atoms with Crippen LogP contribution in [-0.4, -0.2) is 42.0 Å². The Morgan fingerprint density at radius 1 is 1.03 bits per heavy atom. The molecule has 1 N–H and O–H groups in total. The average Bonchev–Trinajstić information content (AvgIpc) is 3.32. The zero-order valence-electron chi connectivity index (χ0n) is 17.7. The summed E-state index contributed by atoms with van der Waals surface area (Å²) in [6, 6.07) is 16.9. The summed E-state index contributed by atoms with van der Waals surface area (Å²) in [6.45, 7) is 2.96. The lowest BCUT2D eigenvalue weighted by Gasteiger charge is -2.27. The van der Waals surface area contributed by atoms with Gasteiger partial charge in [0.2, 0.25) is 10.0 Å². The maximum atomic E-state index is 13.1. The van der Waals surface area contributed by atoms with Crippen LogP contribution in [0.1, 0.15) is 34.6 Å². The summed E-state index contributed by atoms with van der Waals surface area (Å²) in [6.07, 6.45) is 0. The van der Waals surface area contributed by atoms with Crippen LogP contribution in [0, 0.1) is 5.92 Å². The van der Waals surface area contributed by atoms with Crippen molar-refractivity contribution in [3.05, 3.63) is 76.7 Å². The van der Waals surface area contributed by atoms with E-state index in [2.05, 4.69) is 0 Å². The highest BCUT2D eigenvalue weighted by molar-refractivity contribution is 7.89. The van der Waals surface area contributed by atoms with E-state index >= 15 is 0 Å². The molecule has 1 aliphatic rings. The molecule has 32 heavy (non-hydrogen) atoms. The van der Waals surface area contributed by atoms with Crippen LogP contribution >= 0.6 is 11.3 Å². The minimum atomic E-state index is -3.83. The number of nitrogens with zero attached hydrogens (tertiary/aromatic N) is 1. The third kappa shape index (κ3) is 3.95. The highest BCUT2D eigenvalue weighted by Crippen LogP contribution is 2.42. The number of carbonyl (C=O) groups is 2. The molecule has 0 saturated carbocycles. The van der Waals surface area contributed by atoms with E-state index in [1.807, 2.05) is 30.3 Å². The Labute approximate surface area is 191 Å². The summed E-state index contributed by atoms with van der Waals surface area (Å²) in [7, 11) is -3.83. The number of hydrogen-bond acceptors (Lipinski definition) is 6. The molecule has 2 heterocycles. The van der Waals surface area contributed by atoms with Gasteiger partial charge >= 0.3 is 0 Å². The first-order valence-electron chi connectivity index (χ1n) is 10.2. The van der Waals surface area contributed by atoms with Gasteiger partial charge in [-0.2, -0.15) is 4.31 Å². The standard InChI is InChI=1S/C24H23NO5S2/c1-15(2)23(19(27)14-26)25-13-21-22(32(25,29)30)12-20(31-21)16-8-10-18(11-9-16)24(28)17-6-4-3-5-7-17/h3-12,15,23,26H,13-14H2,1-2H3/t23-/m1/s1. The van der Waals surface area contributed by atoms with Crippen LogP contribution in [-0.2, 0) is 21.4 Å². The van der Waals surface area contributed by atoms with E-state index in [-0.39, 0.29) is 23.1 Å². The van der Waals surface area contributed by atoms with E-state index in [9.17, 15) is 23.1 Å². The second-order valence-corrected chi connectivity index (χ2v) is 11.0. The van der Waals surface area contributed by atoms with Crippen molar-refractivity contribution in [3.63, 3.8) is 0 Å². The van der Waals surface area contributed by atoms with E-state index in [1.165, 1.54) is 15.6 Å². The summed E-state index contributed by atoms with van der Waals surface area (Å²) >= 11 is 1.36. The first kappa shape index (κ1) is 22.5. The van der Waals surface area contributed by atoms with Gasteiger partial charge in [-0.15, -0.1) is 11.3 Å². The van der Waals surface area contributed by atoms with Crippen LogP contribution in [0.15, 0.2) is 65.6 Å². The summed E-state index contributed by atoms with van der Waals surface area (Å²) < 4.78 is 27.5. The van der Waals surface area contributed by atoms with Crippen molar-refractivity contribution in [1.29, 1.82) is 0 Å². The van der Waals surface area contributed by atoms with Gasteiger partial charge in [-0.25, -0.2) is 8.42 Å². The van der Waals surface area contributed by atoms with E-state index in [4.69, 9.17) is 0 Å². The fourth-order valence-corrected chi connectivity index (χ4v) is 7.47. The van der Waals surface area contributed by atoms with Gasteiger partial charge < -0.3 is 5.11 Å². The normalized spacial score (nSPS) is 16.1. The molecule has 0 fully saturated rings. The SMILES string of the molecule is CC(C)[C@H](C(=O)CO)N1Cc2sc(-c3ccc(C(=O)c4ccccc4)cc3)cc2S1(=O)=O. The first-order valence-corrected chi connectivity index (χ1v) is 12.5. The Morgan fingerprint density at radius 2 is 1.66 bits per heavy atom. The summed E-state index contributed by atoms with van der Waals surface area (Å²) in [5, 5.41) is 9.29. The van der Waals surface area contributed by atoms with Crippen LogP contribution in [0.25, 0.3) is 10.4 Å². The Balaban J connectivity index is 1.60. The highest BCUT2D eigenvalue weighted by atomic mass is 32.2. The van der Waals surface area contributed by atoms with Crippen molar-refractivity contribution in [2.75, 3.05) is 6.61 Å². The fraction of sp³-hybridized carbons (Fsp3) is 0.250. The van der Waals surface area contributed by atoms with Crippen molar-refractivity contribution >= 4 is 32.9 Å². The Kier molecular flexibility index (Phi) is 6.13. The van der Waals surface area contributed by atoms with Crippen LogP contribution in [0.4, 0.5) is 0 Å². The molecule has 2 aromatic carbocycles. The molecule has 0 saturated heterocycles. The second kappa shape index (κ2) is 8.71. The lowest BCUT2D eigenvalue weighted by atomic mass is 10.0. The molecule has 0 bridgehead atoms. The van der Waals surface area contributed by atoms with Crippen molar-refractivity contribution in [3.8, 4) is 10.4 Å².